The molecule has 178 valence electrons. The van der Waals surface area contributed by atoms with Crippen molar-refractivity contribution in [1.82, 2.24) is 9.88 Å². The van der Waals surface area contributed by atoms with Gasteiger partial charge in [0.1, 0.15) is 29.3 Å². The molecule has 0 saturated heterocycles. The number of nitriles is 2. The molecule has 0 bridgehead atoms. The number of halogens is 4. The van der Waals surface area contributed by atoms with Crippen molar-refractivity contribution >= 4 is 11.7 Å². The molecule has 2 aromatic carbocycles. The second-order valence-electron chi connectivity index (χ2n) is 7.44. The van der Waals surface area contributed by atoms with Crippen LogP contribution in [0.2, 0.25) is 0 Å². The predicted molar refractivity (Wildman–Crippen MR) is 121 cm³/mol. The number of hydrogen-bond acceptors (Lipinski definition) is 5. The Hall–Kier alpha value is -4.44. The van der Waals surface area contributed by atoms with Gasteiger partial charge < -0.3 is 10.6 Å². The zero-order chi connectivity index (χ0) is 25.9. The van der Waals surface area contributed by atoms with Crippen LogP contribution in [0, 0.1) is 28.5 Å². The van der Waals surface area contributed by atoms with Gasteiger partial charge in [-0.05, 0) is 49.7 Å². The summed E-state index contributed by atoms with van der Waals surface area (Å²) in [7, 11) is 0. The van der Waals surface area contributed by atoms with Crippen LogP contribution in [0.5, 0.6) is 0 Å². The number of nitrogens with zero attached hydrogens (tertiary/aromatic N) is 4. The zero-order valence-corrected chi connectivity index (χ0v) is 18.7. The number of anilines is 1. The van der Waals surface area contributed by atoms with E-state index in [4.69, 9.17) is 5.73 Å². The van der Waals surface area contributed by atoms with Crippen LogP contribution in [-0.4, -0.2) is 28.9 Å². The second-order valence-corrected chi connectivity index (χ2v) is 7.44. The van der Waals surface area contributed by atoms with Crippen molar-refractivity contribution in [3.63, 3.8) is 0 Å². The van der Waals surface area contributed by atoms with Crippen LogP contribution in [0.4, 0.5) is 23.4 Å². The number of amides is 1. The maximum Gasteiger partial charge on any atom is 0.416 e. The Morgan fingerprint density at radius 1 is 1.00 bits per heavy atom. The topological polar surface area (TPSA) is 107 Å². The molecule has 0 aliphatic carbocycles. The molecule has 1 amide bonds. The number of nitrogens with two attached hydrogens (primary N) is 1. The highest BCUT2D eigenvalue weighted by Crippen LogP contribution is 2.38. The van der Waals surface area contributed by atoms with Crippen LogP contribution < -0.4 is 5.73 Å². The summed E-state index contributed by atoms with van der Waals surface area (Å²) in [4.78, 5) is 18.3. The van der Waals surface area contributed by atoms with Crippen LogP contribution in [0.1, 0.15) is 40.9 Å². The molecule has 0 saturated carbocycles. The average Bonchev–Trinajstić information content (AvgIpc) is 2.83. The first-order valence-electron chi connectivity index (χ1n) is 10.5. The molecule has 0 atom stereocenters. The molecule has 0 aliphatic heterocycles. The summed E-state index contributed by atoms with van der Waals surface area (Å²) in [5.74, 6) is -1.59. The minimum absolute atomic E-state index is 0.00725. The fraction of sp³-hybridized carbons (Fsp3) is 0.200. The number of benzene rings is 2. The number of nitrogen functional groups attached to an aromatic ring is 1. The molecule has 0 radical (unpaired) electrons. The van der Waals surface area contributed by atoms with Crippen molar-refractivity contribution in [2.24, 2.45) is 0 Å². The molecule has 3 aromatic rings. The van der Waals surface area contributed by atoms with Crippen molar-refractivity contribution in [2.75, 3.05) is 18.8 Å². The monoisotopic (exact) mass is 481 g/mol. The lowest BCUT2D eigenvalue weighted by Crippen LogP contribution is -2.31. The molecule has 6 nitrogen and oxygen atoms in total. The highest BCUT2D eigenvalue weighted by molar-refractivity contribution is 5.96. The van der Waals surface area contributed by atoms with Crippen LogP contribution >= 0.6 is 0 Å². The molecule has 0 fully saturated rings. The van der Waals surface area contributed by atoms with Crippen molar-refractivity contribution in [2.45, 2.75) is 20.0 Å². The number of rotatable bonds is 5. The third-order valence-electron chi connectivity index (χ3n) is 5.47. The highest BCUT2D eigenvalue weighted by atomic mass is 19.4. The Morgan fingerprint density at radius 3 is 2.09 bits per heavy atom. The van der Waals surface area contributed by atoms with Gasteiger partial charge in [0.2, 0.25) is 0 Å². The fourth-order valence-corrected chi connectivity index (χ4v) is 3.67. The standard InChI is InChI=1S/C25H19F4N5O/c1-3-34(4-2)24(35)17-11-15(7-10-20(17)26)22-18(12-30)21(19(13-31)23(32)33-22)14-5-8-16(9-6-14)25(27,28)29/h5-11H,3-4H2,1-2H3,(H2,32,33). The van der Waals surface area contributed by atoms with E-state index in [0.29, 0.717) is 13.1 Å². The number of carbonyl (C=O) groups is 1. The number of hydrogen-bond donors (Lipinski definition) is 1. The van der Waals surface area contributed by atoms with E-state index in [2.05, 4.69) is 4.98 Å². The van der Waals surface area contributed by atoms with Crippen LogP contribution in [0.15, 0.2) is 42.5 Å². The van der Waals surface area contributed by atoms with E-state index in [9.17, 15) is 32.9 Å². The van der Waals surface area contributed by atoms with Gasteiger partial charge in [-0.15, -0.1) is 0 Å². The molecule has 0 unspecified atom stereocenters. The van der Waals surface area contributed by atoms with Crippen molar-refractivity contribution in [3.8, 4) is 34.5 Å². The Labute approximate surface area is 198 Å². The molecule has 1 aromatic heterocycles. The molecule has 2 N–H and O–H groups in total. The van der Waals surface area contributed by atoms with Gasteiger partial charge in [-0.3, -0.25) is 4.79 Å². The molecule has 0 aliphatic rings. The summed E-state index contributed by atoms with van der Waals surface area (Å²) in [6.07, 6.45) is -4.57. The SMILES string of the molecule is CCN(CC)C(=O)c1cc(-c2nc(N)c(C#N)c(-c3ccc(C(F)(F)F)cc3)c2C#N)ccc1F. The first-order valence-corrected chi connectivity index (χ1v) is 10.5. The van der Waals surface area contributed by atoms with Crippen LogP contribution in [0.3, 0.4) is 0 Å². The van der Waals surface area contributed by atoms with Crippen LogP contribution in [0.25, 0.3) is 22.4 Å². The van der Waals surface area contributed by atoms with Crippen molar-refractivity contribution < 1.29 is 22.4 Å². The maximum absolute atomic E-state index is 14.5. The largest absolute Gasteiger partial charge is 0.416 e. The highest BCUT2D eigenvalue weighted by Gasteiger charge is 2.30. The van der Waals surface area contributed by atoms with Gasteiger partial charge in [0.05, 0.1) is 22.4 Å². The normalized spacial score (nSPS) is 11.0. The minimum Gasteiger partial charge on any atom is -0.383 e. The number of aromatic nitrogens is 1. The third kappa shape index (κ3) is 4.78. The fourth-order valence-electron chi connectivity index (χ4n) is 3.67. The molecule has 35 heavy (non-hydrogen) atoms. The van der Waals surface area contributed by atoms with E-state index in [1.165, 1.54) is 17.0 Å². The molecule has 1 heterocycles. The lowest BCUT2D eigenvalue weighted by Gasteiger charge is -2.19. The summed E-state index contributed by atoms with van der Waals surface area (Å²) in [5.41, 5.74) is 4.78. The average molecular weight is 481 g/mol. The van der Waals surface area contributed by atoms with Gasteiger partial charge in [-0.1, -0.05) is 12.1 Å². The van der Waals surface area contributed by atoms with Gasteiger partial charge in [0, 0.05) is 24.2 Å². The second kappa shape index (κ2) is 9.82. The van der Waals surface area contributed by atoms with Crippen LogP contribution in [-0.2, 0) is 6.18 Å². The molecular formula is C25H19F4N5O. The zero-order valence-electron chi connectivity index (χ0n) is 18.7. The van der Waals surface area contributed by atoms with Gasteiger partial charge in [0.25, 0.3) is 5.91 Å². The lowest BCUT2D eigenvalue weighted by molar-refractivity contribution is -0.137. The van der Waals surface area contributed by atoms with E-state index >= 15 is 0 Å². The van der Waals surface area contributed by atoms with Gasteiger partial charge in [0.15, 0.2) is 0 Å². The Kier molecular flexibility index (Phi) is 7.06. The van der Waals surface area contributed by atoms with Crippen molar-refractivity contribution in [3.05, 3.63) is 70.5 Å². The van der Waals surface area contributed by atoms with Gasteiger partial charge >= 0.3 is 6.18 Å². The number of carbonyl (C=O) groups excluding carboxylic acids is 1. The molecule has 3 rings (SSSR count). The first kappa shape index (κ1) is 25.2. The summed E-state index contributed by atoms with van der Waals surface area (Å²) < 4.78 is 53.6. The summed E-state index contributed by atoms with van der Waals surface area (Å²) >= 11 is 0. The van der Waals surface area contributed by atoms with Gasteiger partial charge in [-0.25, -0.2) is 9.37 Å². The quantitative estimate of drug-likeness (QED) is 0.493. The Bertz CT molecular complexity index is 1370. The molecular weight excluding hydrogens is 462 g/mol. The summed E-state index contributed by atoms with van der Waals surface area (Å²) in [5, 5.41) is 19.6. The van der Waals surface area contributed by atoms with Crippen molar-refractivity contribution in [1.29, 1.82) is 10.5 Å². The smallest absolute Gasteiger partial charge is 0.383 e. The molecule has 0 spiro atoms. The Morgan fingerprint density at radius 2 is 1.57 bits per heavy atom. The van der Waals surface area contributed by atoms with E-state index in [1.807, 2.05) is 12.1 Å². The van der Waals surface area contributed by atoms with E-state index in [0.717, 1.165) is 30.3 Å². The van der Waals surface area contributed by atoms with E-state index in [1.54, 1.807) is 13.8 Å². The summed E-state index contributed by atoms with van der Waals surface area (Å²) in [6.45, 7) is 4.19. The number of alkyl halides is 3. The summed E-state index contributed by atoms with van der Waals surface area (Å²) in [6, 6.07) is 11.3. The van der Waals surface area contributed by atoms with E-state index < -0.39 is 23.5 Å². The molecule has 10 heteroatoms. The number of pyridine rings is 1. The maximum atomic E-state index is 14.5. The third-order valence-corrected chi connectivity index (χ3v) is 5.47. The predicted octanol–water partition coefficient (Wildman–Crippen LogP) is 5.38. The lowest BCUT2D eigenvalue weighted by atomic mass is 9.91. The van der Waals surface area contributed by atoms with E-state index in [-0.39, 0.29) is 44.9 Å². The first-order chi connectivity index (χ1) is 16.6. The minimum atomic E-state index is -4.57. The Balaban J connectivity index is 2.27. The van der Waals surface area contributed by atoms with Gasteiger partial charge in [-0.2, -0.15) is 23.7 Å².